The van der Waals surface area contributed by atoms with Crippen molar-refractivity contribution in [2.75, 3.05) is 42.9 Å². The molecule has 3 aromatic rings. The number of fused-ring (bicyclic) bond motifs is 3. The predicted octanol–water partition coefficient (Wildman–Crippen LogP) is 2.70. The highest BCUT2D eigenvalue weighted by atomic mass is 16.2. The number of pyridine rings is 1. The van der Waals surface area contributed by atoms with E-state index in [1.807, 2.05) is 18.3 Å². The van der Waals surface area contributed by atoms with Gasteiger partial charge in [0.05, 0.1) is 17.9 Å². The normalized spacial score (nSPS) is 19.9. The van der Waals surface area contributed by atoms with Crippen molar-refractivity contribution >= 4 is 34.4 Å². The number of carbonyl (C=O) groups is 1. The molecule has 1 unspecified atom stereocenters. The second-order valence-corrected chi connectivity index (χ2v) is 8.65. The molecule has 9 heteroatoms. The molecule has 0 spiro atoms. The molecule has 0 aliphatic carbocycles. The highest BCUT2D eigenvalue weighted by Gasteiger charge is 2.30. The van der Waals surface area contributed by atoms with Crippen molar-refractivity contribution in [2.24, 2.45) is 5.92 Å². The van der Waals surface area contributed by atoms with Crippen molar-refractivity contribution in [1.82, 2.24) is 30.2 Å². The lowest BCUT2D eigenvalue weighted by Crippen LogP contribution is -2.41. The first kappa shape index (κ1) is 20.7. The molecule has 0 radical (unpaired) electrons. The van der Waals surface area contributed by atoms with Crippen molar-refractivity contribution < 1.29 is 4.79 Å². The molecule has 0 saturated carbocycles. The Labute approximate surface area is 187 Å². The van der Waals surface area contributed by atoms with Crippen LogP contribution in [0.1, 0.15) is 43.2 Å². The summed E-state index contributed by atoms with van der Waals surface area (Å²) in [5, 5.41) is 10.5. The summed E-state index contributed by atoms with van der Waals surface area (Å²) in [5.41, 5.74) is 2.56. The molecular formula is C23H30N8O. The number of hydrogen-bond donors (Lipinski definition) is 3. The van der Waals surface area contributed by atoms with Gasteiger partial charge < -0.3 is 25.4 Å². The van der Waals surface area contributed by atoms with E-state index in [1.165, 1.54) is 0 Å². The van der Waals surface area contributed by atoms with Crippen molar-refractivity contribution in [1.29, 1.82) is 0 Å². The van der Waals surface area contributed by atoms with Gasteiger partial charge in [-0.05, 0) is 37.1 Å². The Hall–Kier alpha value is -3.20. The topological polar surface area (TPSA) is 100 Å². The molecule has 0 bridgehead atoms. The average molecular weight is 435 g/mol. The monoisotopic (exact) mass is 434 g/mol. The number of hydrogen-bond acceptors (Lipinski definition) is 7. The van der Waals surface area contributed by atoms with Crippen LogP contribution in [-0.2, 0) is 0 Å². The summed E-state index contributed by atoms with van der Waals surface area (Å²) in [6.45, 7) is 9.07. The first-order valence-electron chi connectivity index (χ1n) is 11.5. The lowest BCUT2D eigenvalue weighted by atomic mass is 9.97. The highest BCUT2D eigenvalue weighted by Crippen LogP contribution is 2.31. The van der Waals surface area contributed by atoms with E-state index in [4.69, 9.17) is 4.98 Å². The van der Waals surface area contributed by atoms with Crippen molar-refractivity contribution in [3.8, 4) is 0 Å². The van der Waals surface area contributed by atoms with E-state index in [9.17, 15) is 4.79 Å². The molecular weight excluding hydrogens is 404 g/mol. The number of anilines is 3. The van der Waals surface area contributed by atoms with Gasteiger partial charge >= 0.3 is 0 Å². The van der Waals surface area contributed by atoms with Gasteiger partial charge in [-0.25, -0.2) is 9.97 Å². The van der Waals surface area contributed by atoms with Gasteiger partial charge in [-0.2, -0.15) is 4.98 Å². The van der Waals surface area contributed by atoms with Gasteiger partial charge in [0.2, 0.25) is 5.95 Å². The van der Waals surface area contributed by atoms with Gasteiger partial charge in [0.1, 0.15) is 17.2 Å². The van der Waals surface area contributed by atoms with Gasteiger partial charge in [-0.1, -0.05) is 20.3 Å². The Morgan fingerprint density at radius 1 is 1.22 bits per heavy atom. The van der Waals surface area contributed by atoms with Crippen molar-refractivity contribution in [2.45, 2.75) is 32.7 Å². The SMILES string of the molecule is CC[C@H](C)C1CNC(=O)c2cc3cnc(Nc4ccc(N5CCCNCC5)cn4)nc3n21. The van der Waals surface area contributed by atoms with Gasteiger partial charge in [-0.3, -0.25) is 4.79 Å². The molecule has 168 valence electrons. The summed E-state index contributed by atoms with van der Waals surface area (Å²) in [5.74, 6) is 1.53. The van der Waals surface area contributed by atoms with Crippen LogP contribution in [0, 0.1) is 5.92 Å². The highest BCUT2D eigenvalue weighted by molar-refractivity contribution is 5.98. The minimum atomic E-state index is -0.0574. The summed E-state index contributed by atoms with van der Waals surface area (Å²) in [6, 6.07) is 6.10. The standard InChI is InChI=1S/C23H30N8O/c1-3-15(2)19-14-26-22(32)18-11-16-12-27-23(29-21(16)31(18)19)28-20-6-5-17(13-25-20)30-9-4-7-24-8-10-30/h5-6,11-13,15,19,24H,3-4,7-10,14H2,1-2H3,(H,26,32)(H,25,27,28,29)/t15-,19?/m0/s1. The van der Waals surface area contributed by atoms with E-state index in [0.717, 1.165) is 55.7 Å². The first-order chi connectivity index (χ1) is 15.6. The van der Waals surface area contributed by atoms with Crippen LogP contribution in [0.3, 0.4) is 0 Å². The maximum absolute atomic E-state index is 12.5. The van der Waals surface area contributed by atoms with Crippen LogP contribution in [0.4, 0.5) is 17.5 Å². The molecule has 9 nitrogen and oxygen atoms in total. The fourth-order valence-corrected chi connectivity index (χ4v) is 4.55. The Kier molecular flexibility index (Phi) is 5.65. The second kappa shape index (κ2) is 8.74. The minimum absolute atomic E-state index is 0.0574. The van der Waals surface area contributed by atoms with E-state index in [2.05, 4.69) is 55.3 Å². The zero-order valence-corrected chi connectivity index (χ0v) is 18.6. The molecule has 5 heterocycles. The molecule has 0 aromatic carbocycles. The Morgan fingerprint density at radius 3 is 2.94 bits per heavy atom. The van der Waals surface area contributed by atoms with Crippen molar-refractivity contribution in [3.63, 3.8) is 0 Å². The van der Waals surface area contributed by atoms with Crippen LogP contribution in [-0.4, -0.2) is 58.1 Å². The van der Waals surface area contributed by atoms with Crippen molar-refractivity contribution in [3.05, 3.63) is 36.3 Å². The van der Waals surface area contributed by atoms with Crippen LogP contribution >= 0.6 is 0 Å². The van der Waals surface area contributed by atoms with Crippen LogP contribution in [0.15, 0.2) is 30.6 Å². The molecule has 2 aliphatic heterocycles. The number of nitrogens with one attached hydrogen (secondary N) is 3. The van der Waals surface area contributed by atoms with Gasteiger partial charge in [0.25, 0.3) is 5.91 Å². The Morgan fingerprint density at radius 2 is 2.12 bits per heavy atom. The van der Waals surface area contributed by atoms with Crippen LogP contribution in [0.25, 0.3) is 11.0 Å². The van der Waals surface area contributed by atoms with E-state index < -0.39 is 0 Å². The third kappa shape index (κ3) is 3.88. The van der Waals surface area contributed by atoms with E-state index in [0.29, 0.717) is 29.9 Å². The lowest BCUT2D eigenvalue weighted by molar-refractivity contribution is 0.0904. The third-order valence-corrected chi connectivity index (χ3v) is 6.61. The minimum Gasteiger partial charge on any atom is -0.369 e. The number of aromatic nitrogens is 4. The smallest absolute Gasteiger partial charge is 0.268 e. The summed E-state index contributed by atoms with van der Waals surface area (Å²) < 4.78 is 2.08. The molecule has 1 fully saturated rings. The zero-order chi connectivity index (χ0) is 22.1. The Bertz CT molecular complexity index is 1100. The zero-order valence-electron chi connectivity index (χ0n) is 18.6. The number of nitrogens with zero attached hydrogens (tertiary/aromatic N) is 5. The fourth-order valence-electron chi connectivity index (χ4n) is 4.55. The molecule has 1 saturated heterocycles. The average Bonchev–Trinajstić information content (AvgIpc) is 3.00. The predicted molar refractivity (Wildman–Crippen MR) is 126 cm³/mol. The maximum atomic E-state index is 12.5. The van der Waals surface area contributed by atoms with Gasteiger partial charge in [0, 0.05) is 37.8 Å². The summed E-state index contributed by atoms with van der Waals surface area (Å²) in [7, 11) is 0. The summed E-state index contributed by atoms with van der Waals surface area (Å²) in [6.07, 6.45) is 5.83. The molecule has 2 atom stereocenters. The first-order valence-corrected chi connectivity index (χ1v) is 11.5. The van der Waals surface area contributed by atoms with E-state index in [-0.39, 0.29) is 11.9 Å². The van der Waals surface area contributed by atoms with Crippen LogP contribution in [0.2, 0.25) is 0 Å². The quantitative estimate of drug-likeness (QED) is 0.568. The molecule has 1 amide bonds. The van der Waals surface area contributed by atoms with E-state index >= 15 is 0 Å². The molecule has 3 N–H and O–H groups in total. The third-order valence-electron chi connectivity index (χ3n) is 6.61. The largest absolute Gasteiger partial charge is 0.369 e. The maximum Gasteiger partial charge on any atom is 0.268 e. The lowest BCUT2D eigenvalue weighted by Gasteiger charge is -2.31. The molecule has 3 aromatic heterocycles. The summed E-state index contributed by atoms with van der Waals surface area (Å²) >= 11 is 0. The van der Waals surface area contributed by atoms with Gasteiger partial charge in [-0.15, -0.1) is 0 Å². The molecule has 2 aliphatic rings. The van der Waals surface area contributed by atoms with Gasteiger partial charge in [0.15, 0.2) is 0 Å². The summed E-state index contributed by atoms with van der Waals surface area (Å²) in [4.78, 5) is 28.6. The fraction of sp³-hybridized carbons (Fsp3) is 0.478. The van der Waals surface area contributed by atoms with Crippen LogP contribution in [0.5, 0.6) is 0 Å². The molecule has 5 rings (SSSR count). The van der Waals surface area contributed by atoms with Crippen LogP contribution < -0.4 is 20.9 Å². The van der Waals surface area contributed by atoms with E-state index in [1.54, 1.807) is 6.20 Å². The number of rotatable bonds is 5. The Balaban J connectivity index is 1.41. The number of amides is 1. The number of carbonyl (C=O) groups excluding carboxylic acids is 1. The second-order valence-electron chi connectivity index (χ2n) is 8.65. The molecule has 32 heavy (non-hydrogen) atoms.